The van der Waals surface area contributed by atoms with Crippen LogP contribution in [0.5, 0.6) is 0 Å². The summed E-state index contributed by atoms with van der Waals surface area (Å²) >= 11 is 5.91. The molecule has 2 rings (SSSR count). The van der Waals surface area contributed by atoms with Crippen molar-refractivity contribution in [2.24, 2.45) is 0 Å². The minimum absolute atomic E-state index is 0.0312. The maximum Gasteiger partial charge on any atom is 0.295 e. The molecule has 1 aliphatic carbocycles. The minimum atomic E-state index is -0.461. The molecule has 0 bridgehead atoms. The molecule has 1 aromatic rings. The van der Waals surface area contributed by atoms with Crippen LogP contribution in [-0.4, -0.2) is 28.7 Å². The number of amides is 1. The lowest BCUT2D eigenvalue weighted by atomic mass is 9.92. The molecule has 0 radical (unpaired) electrons. The molecule has 1 amide bonds. The fourth-order valence-corrected chi connectivity index (χ4v) is 3.24. The van der Waals surface area contributed by atoms with Gasteiger partial charge in [-0.3, -0.25) is 9.59 Å². The van der Waals surface area contributed by atoms with Gasteiger partial charge in [0.1, 0.15) is 0 Å². The maximum absolute atomic E-state index is 12.6. The lowest BCUT2D eigenvalue weighted by Gasteiger charge is -2.36. The van der Waals surface area contributed by atoms with Crippen molar-refractivity contribution in [3.63, 3.8) is 0 Å². The van der Waals surface area contributed by atoms with Crippen LogP contribution in [0.1, 0.15) is 56.3 Å². The van der Waals surface area contributed by atoms with Gasteiger partial charge in [-0.1, -0.05) is 43.0 Å². The summed E-state index contributed by atoms with van der Waals surface area (Å²) in [5.41, 5.74) is 0.369. The van der Waals surface area contributed by atoms with E-state index < -0.39 is 11.7 Å². The Morgan fingerprint density at radius 2 is 1.86 bits per heavy atom. The van der Waals surface area contributed by atoms with E-state index in [0.717, 1.165) is 25.7 Å². The number of hydrogen-bond donors (Lipinski definition) is 0. The van der Waals surface area contributed by atoms with Crippen LogP contribution in [0.2, 0.25) is 5.02 Å². The fraction of sp³-hybridized carbons (Fsp3) is 0.529. The van der Waals surface area contributed by atoms with Gasteiger partial charge in [-0.15, -0.1) is 0 Å². The van der Waals surface area contributed by atoms with E-state index in [4.69, 9.17) is 11.6 Å². The van der Waals surface area contributed by atoms with Crippen molar-refractivity contribution >= 4 is 23.3 Å². The zero-order chi connectivity index (χ0) is 15.4. The molecule has 1 aliphatic rings. The molecule has 3 nitrogen and oxygen atoms in total. The summed E-state index contributed by atoms with van der Waals surface area (Å²) in [7, 11) is 0. The second kappa shape index (κ2) is 7.08. The van der Waals surface area contributed by atoms with Gasteiger partial charge in [-0.25, -0.2) is 0 Å². The SMILES string of the molecule is CC(C)N(C(=O)C(=O)c1cccc(Cl)c1)C1CCCCC1. The molecule has 1 fully saturated rings. The van der Waals surface area contributed by atoms with E-state index in [-0.39, 0.29) is 12.1 Å². The number of hydrogen-bond acceptors (Lipinski definition) is 2. The molecular formula is C17H22ClNO2. The van der Waals surface area contributed by atoms with Gasteiger partial charge in [0.05, 0.1) is 0 Å². The van der Waals surface area contributed by atoms with Crippen LogP contribution < -0.4 is 0 Å². The number of rotatable bonds is 4. The summed E-state index contributed by atoms with van der Waals surface area (Å²) in [5, 5.41) is 0.474. The van der Waals surface area contributed by atoms with E-state index in [0.29, 0.717) is 10.6 Å². The average Bonchev–Trinajstić information content (AvgIpc) is 2.47. The van der Waals surface area contributed by atoms with Crippen molar-refractivity contribution in [2.75, 3.05) is 0 Å². The Kier molecular flexibility index (Phi) is 5.40. The average molecular weight is 308 g/mol. The Morgan fingerprint density at radius 3 is 2.43 bits per heavy atom. The summed E-state index contributed by atoms with van der Waals surface area (Å²) in [4.78, 5) is 26.8. The van der Waals surface area contributed by atoms with Crippen molar-refractivity contribution in [1.82, 2.24) is 4.90 Å². The Morgan fingerprint density at radius 1 is 1.19 bits per heavy atom. The number of halogens is 1. The third-order valence-electron chi connectivity index (χ3n) is 4.04. The quantitative estimate of drug-likeness (QED) is 0.620. The van der Waals surface area contributed by atoms with Gasteiger partial charge in [-0.2, -0.15) is 0 Å². The first-order valence-corrected chi connectivity index (χ1v) is 8.01. The highest BCUT2D eigenvalue weighted by atomic mass is 35.5. The van der Waals surface area contributed by atoms with Crippen LogP contribution in [0.3, 0.4) is 0 Å². The Labute approximate surface area is 131 Å². The predicted octanol–water partition coefficient (Wildman–Crippen LogP) is 4.09. The number of Topliss-reactive ketones (excluding diaryl/α,β-unsaturated/α-hetero) is 1. The smallest absolute Gasteiger partial charge is 0.295 e. The van der Waals surface area contributed by atoms with E-state index >= 15 is 0 Å². The van der Waals surface area contributed by atoms with Gasteiger partial charge in [0.25, 0.3) is 5.91 Å². The van der Waals surface area contributed by atoms with Crippen molar-refractivity contribution in [1.29, 1.82) is 0 Å². The number of ketones is 1. The third-order valence-corrected chi connectivity index (χ3v) is 4.28. The van der Waals surface area contributed by atoms with Gasteiger partial charge in [0.2, 0.25) is 5.78 Å². The summed E-state index contributed by atoms with van der Waals surface area (Å²) in [6, 6.07) is 6.82. The van der Waals surface area contributed by atoms with E-state index in [2.05, 4.69) is 0 Å². The molecule has 0 spiro atoms. The van der Waals surface area contributed by atoms with Gasteiger partial charge in [-0.05, 0) is 38.8 Å². The van der Waals surface area contributed by atoms with E-state index in [1.165, 1.54) is 6.42 Å². The number of carbonyl (C=O) groups is 2. The van der Waals surface area contributed by atoms with Crippen LogP contribution in [0, 0.1) is 0 Å². The first-order chi connectivity index (χ1) is 10.0. The second-order valence-corrected chi connectivity index (χ2v) is 6.37. The molecule has 0 atom stereocenters. The normalized spacial score (nSPS) is 16.0. The van der Waals surface area contributed by atoms with Crippen LogP contribution >= 0.6 is 11.6 Å². The molecular weight excluding hydrogens is 286 g/mol. The summed E-state index contributed by atoms with van der Waals surface area (Å²) in [5.74, 6) is -0.865. The molecule has 1 aromatic carbocycles. The Balaban J connectivity index is 2.19. The second-order valence-electron chi connectivity index (χ2n) is 5.94. The molecule has 114 valence electrons. The van der Waals surface area contributed by atoms with Crippen LogP contribution in [0.4, 0.5) is 0 Å². The molecule has 0 N–H and O–H groups in total. The van der Waals surface area contributed by atoms with Gasteiger partial charge >= 0.3 is 0 Å². The van der Waals surface area contributed by atoms with Crippen molar-refractivity contribution in [2.45, 2.75) is 58.0 Å². The zero-order valence-corrected chi connectivity index (χ0v) is 13.4. The summed E-state index contributed by atoms with van der Waals surface area (Å²) < 4.78 is 0. The van der Waals surface area contributed by atoms with Gasteiger partial charge < -0.3 is 4.90 Å². The Bertz CT molecular complexity index is 521. The molecule has 1 saturated carbocycles. The van der Waals surface area contributed by atoms with E-state index in [1.54, 1.807) is 29.2 Å². The van der Waals surface area contributed by atoms with Crippen LogP contribution in [0.25, 0.3) is 0 Å². The zero-order valence-electron chi connectivity index (χ0n) is 12.6. The predicted molar refractivity (Wildman–Crippen MR) is 84.6 cm³/mol. The van der Waals surface area contributed by atoms with Crippen LogP contribution in [0.15, 0.2) is 24.3 Å². The highest BCUT2D eigenvalue weighted by Crippen LogP contribution is 2.25. The fourth-order valence-electron chi connectivity index (χ4n) is 3.05. The first kappa shape index (κ1) is 16.0. The van der Waals surface area contributed by atoms with Crippen molar-refractivity contribution in [3.05, 3.63) is 34.9 Å². The van der Waals surface area contributed by atoms with Gasteiger partial charge in [0, 0.05) is 22.7 Å². The lowest BCUT2D eigenvalue weighted by molar-refractivity contribution is -0.131. The minimum Gasteiger partial charge on any atom is -0.330 e. The molecule has 0 heterocycles. The summed E-state index contributed by atoms with van der Waals surface area (Å²) in [6.45, 7) is 3.94. The molecule has 4 heteroatoms. The highest BCUT2D eigenvalue weighted by molar-refractivity contribution is 6.43. The third kappa shape index (κ3) is 3.85. The maximum atomic E-state index is 12.6. The molecule has 0 aliphatic heterocycles. The van der Waals surface area contributed by atoms with E-state index in [9.17, 15) is 9.59 Å². The largest absolute Gasteiger partial charge is 0.330 e. The van der Waals surface area contributed by atoms with Crippen molar-refractivity contribution < 1.29 is 9.59 Å². The van der Waals surface area contributed by atoms with Crippen LogP contribution in [-0.2, 0) is 4.79 Å². The molecule has 21 heavy (non-hydrogen) atoms. The Hall–Kier alpha value is -1.35. The number of nitrogens with zero attached hydrogens (tertiary/aromatic N) is 1. The lowest BCUT2D eigenvalue weighted by Crippen LogP contribution is -2.48. The monoisotopic (exact) mass is 307 g/mol. The van der Waals surface area contributed by atoms with Gasteiger partial charge in [0.15, 0.2) is 0 Å². The van der Waals surface area contributed by atoms with E-state index in [1.807, 2.05) is 13.8 Å². The van der Waals surface area contributed by atoms with Crippen molar-refractivity contribution in [3.8, 4) is 0 Å². The standard InChI is InChI=1S/C17H22ClNO2/c1-12(2)19(15-9-4-3-5-10-15)17(21)16(20)13-7-6-8-14(18)11-13/h6-8,11-12,15H,3-5,9-10H2,1-2H3. The molecule has 0 unspecified atom stereocenters. The topological polar surface area (TPSA) is 37.4 Å². The number of benzene rings is 1. The first-order valence-electron chi connectivity index (χ1n) is 7.63. The number of carbonyl (C=O) groups excluding carboxylic acids is 2. The highest BCUT2D eigenvalue weighted by Gasteiger charge is 2.31. The molecule has 0 saturated heterocycles. The summed E-state index contributed by atoms with van der Waals surface area (Å²) in [6.07, 6.45) is 5.47. The molecule has 0 aromatic heterocycles.